The molecular weight excluding hydrogens is 734 g/mol. The fraction of sp³-hybridized carbons (Fsp3) is 0.179. The predicted octanol–water partition coefficient (Wildman–Crippen LogP) is 4.91. The van der Waals surface area contributed by atoms with Crippen LogP contribution in [0.3, 0.4) is 0 Å². The van der Waals surface area contributed by atoms with Crippen LogP contribution in [0.1, 0.15) is 15.9 Å². The van der Waals surface area contributed by atoms with Crippen LogP contribution in [0.25, 0.3) is 21.5 Å². The van der Waals surface area contributed by atoms with Crippen LogP contribution in [0.4, 0.5) is 4.39 Å². The van der Waals surface area contributed by atoms with E-state index in [1.54, 1.807) is 77.7 Å². The summed E-state index contributed by atoms with van der Waals surface area (Å²) in [6.45, 7) is 0.634. The van der Waals surface area contributed by atoms with Gasteiger partial charge in [-0.3, -0.25) is 9.59 Å². The number of aromatic nitrogens is 2. The number of sulfonamides is 1. The Hall–Kier alpha value is -5.77. The van der Waals surface area contributed by atoms with Crippen LogP contribution in [0, 0.1) is 5.82 Å². The zero-order valence-corrected chi connectivity index (χ0v) is 30.6. The average Bonchev–Trinajstić information content (AvgIpc) is 3.19. The van der Waals surface area contributed by atoms with Crippen LogP contribution in [0.5, 0.6) is 5.75 Å². The van der Waals surface area contributed by atoms with E-state index < -0.39 is 37.9 Å². The van der Waals surface area contributed by atoms with Gasteiger partial charge in [-0.2, -0.15) is 12.7 Å². The monoisotopic (exact) mass is 767 g/mol. The molecule has 0 aliphatic carbocycles. The topological polar surface area (TPSA) is 147 Å². The van der Waals surface area contributed by atoms with E-state index >= 15 is 0 Å². The molecule has 3 heterocycles. The second-order valence-corrected chi connectivity index (χ2v) is 16.1. The minimum Gasteiger partial charge on any atom is -0.378 e. The van der Waals surface area contributed by atoms with Gasteiger partial charge in [0.2, 0.25) is 10.9 Å². The highest BCUT2D eigenvalue weighted by molar-refractivity contribution is 7.89. The Labute approximate surface area is 311 Å². The number of amides is 2. The molecule has 1 fully saturated rings. The van der Waals surface area contributed by atoms with Crippen molar-refractivity contribution in [2.75, 3.05) is 33.2 Å². The first-order valence-corrected chi connectivity index (χ1v) is 19.8. The number of piperazine rings is 1. The molecule has 7 rings (SSSR count). The molecule has 276 valence electrons. The Morgan fingerprint density at radius 1 is 0.722 bits per heavy atom. The maximum atomic E-state index is 14.3. The summed E-state index contributed by atoms with van der Waals surface area (Å²) in [4.78, 5) is 38.8. The number of benzene rings is 4. The highest BCUT2D eigenvalue weighted by Gasteiger charge is 2.38. The molecule has 0 spiro atoms. The van der Waals surface area contributed by atoms with E-state index in [1.807, 2.05) is 0 Å². The first-order valence-electron chi connectivity index (χ1n) is 16.9. The number of hydrogen-bond donors (Lipinski definition) is 0. The molecule has 0 radical (unpaired) electrons. The highest BCUT2D eigenvalue weighted by atomic mass is 32.2. The summed E-state index contributed by atoms with van der Waals surface area (Å²) in [5.74, 6) is -1.25. The van der Waals surface area contributed by atoms with Crippen molar-refractivity contribution in [2.24, 2.45) is 0 Å². The van der Waals surface area contributed by atoms with Crippen molar-refractivity contribution in [1.82, 2.24) is 24.1 Å². The normalized spacial score (nSPS) is 14.4. The molecule has 0 N–H and O–H groups in total. The molecule has 1 aliphatic heterocycles. The fourth-order valence-electron chi connectivity index (χ4n) is 6.45. The van der Waals surface area contributed by atoms with Gasteiger partial charge in [-0.1, -0.05) is 60.7 Å². The van der Waals surface area contributed by atoms with Gasteiger partial charge in [-0.15, -0.1) is 0 Å². The van der Waals surface area contributed by atoms with Gasteiger partial charge in [-0.05, 0) is 71.3 Å². The van der Waals surface area contributed by atoms with Crippen LogP contribution < -0.4 is 4.18 Å². The third-order valence-corrected chi connectivity index (χ3v) is 12.4. The summed E-state index contributed by atoms with van der Waals surface area (Å²) in [7, 11) is -7.34. The molecule has 15 heteroatoms. The Balaban J connectivity index is 1.14. The van der Waals surface area contributed by atoms with Crippen LogP contribution in [0.15, 0.2) is 132 Å². The fourth-order valence-corrected chi connectivity index (χ4v) is 8.97. The standard InChI is InChI=1S/C39H34FN5O7S2/c1-43(53(48,49)36-33-8-4-2-6-28(33)18-20-41-36)35(39(47)45-24-22-44(23-25-45)38(46)30-12-14-31(40)15-13-30)26-27-10-16-32(17-11-27)52-54(50,51)37-34-9-5-3-7-29(34)19-21-42-37/h2-21,35H,22-26H2,1H3. The molecule has 2 aromatic heterocycles. The van der Waals surface area contributed by atoms with Crippen LogP contribution in [0.2, 0.25) is 0 Å². The summed E-state index contributed by atoms with van der Waals surface area (Å²) in [5.41, 5.74) is 0.843. The second kappa shape index (κ2) is 14.9. The lowest BCUT2D eigenvalue weighted by Gasteiger charge is -2.38. The lowest BCUT2D eigenvalue weighted by molar-refractivity contribution is -0.136. The molecule has 2 amide bonds. The van der Waals surface area contributed by atoms with Crippen molar-refractivity contribution in [3.05, 3.63) is 139 Å². The molecule has 54 heavy (non-hydrogen) atoms. The second-order valence-electron chi connectivity index (χ2n) is 12.7. The lowest BCUT2D eigenvalue weighted by Crippen LogP contribution is -2.56. The molecule has 6 aromatic rings. The van der Waals surface area contributed by atoms with Gasteiger partial charge in [0, 0.05) is 62.0 Å². The Morgan fingerprint density at radius 2 is 1.26 bits per heavy atom. The highest BCUT2D eigenvalue weighted by Crippen LogP contribution is 2.28. The molecule has 12 nitrogen and oxygen atoms in total. The molecule has 4 aromatic carbocycles. The van der Waals surface area contributed by atoms with E-state index in [9.17, 15) is 30.8 Å². The predicted molar refractivity (Wildman–Crippen MR) is 199 cm³/mol. The zero-order valence-electron chi connectivity index (χ0n) is 28.9. The summed E-state index contributed by atoms with van der Waals surface area (Å²) in [6.07, 6.45) is 2.71. The lowest BCUT2D eigenvalue weighted by atomic mass is 10.0. The van der Waals surface area contributed by atoms with Gasteiger partial charge in [0.05, 0.1) is 0 Å². The summed E-state index contributed by atoms with van der Waals surface area (Å²) < 4.78 is 74.9. The van der Waals surface area contributed by atoms with Crippen molar-refractivity contribution >= 4 is 53.5 Å². The maximum absolute atomic E-state index is 14.3. The van der Waals surface area contributed by atoms with E-state index in [0.29, 0.717) is 32.7 Å². The van der Waals surface area contributed by atoms with Gasteiger partial charge < -0.3 is 14.0 Å². The molecule has 0 bridgehead atoms. The van der Waals surface area contributed by atoms with E-state index in [2.05, 4.69) is 9.97 Å². The summed E-state index contributed by atoms with van der Waals surface area (Å²) in [6, 6.07) is 27.2. The molecule has 1 aliphatic rings. The first-order chi connectivity index (χ1) is 25.9. The van der Waals surface area contributed by atoms with Crippen LogP contribution in [-0.4, -0.2) is 92.0 Å². The van der Waals surface area contributed by atoms with E-state index in [4.69, 9.17) is 4.18 Å². The number of hydrogen-bond acceptors (Lipinski definition) is 9. The number of likely N-dealkylation sites (N-methyl/N-ethyl adjacent to an activating group) is 1. The van der Waals surface area contributed by atoms with Crippen molar-refractivity contribution in [3.63, 3.8) is 0 Å². The Morgan fingerprint density at radius 3 is 1.87 bits per heavy atom. The van der Waals surface area contributed by atoms with E-state index in [-0.39, 0.29) is 54.3 Å². The quantitative estimate of drug-likeness (QED) is 0.178. The van der Waals surface area contributed by atoms with Gasteiger partial charge in [0.15, 0.2) is 5.03 Å². The molecule has 1 atom stereocenters. The summed E-state index contributed by atoms with van der Waals surface area (Å²) in [5, 5.41) is 1.71. The molecule has 1 saturated heterocycles. The van der Waals surface area contributed by atoms with Gasteiger partial charge >= 0.3 is 10.1 Å². The number of nitrogens with zero attached hydrogens (tertiary/aromatic N) is 5. The number of pyridine rings is 2. The molecule has 1 unspecified atom stereocenters. The third-order valence-electron chi connectivity index (χ3n) is 9.39. The molecular formula is C39H34FN5O7S2. The number of halogens is 1. The van der Waals surface area contributed by atoms with Crippen LogP contribution in [-0.2, 0) is 31.4 Å². The van der Waals surface area contributed by atoms with Gasteiger partial charge in [-0.25, -0.2) is 22.8 Å². The SMILES string of the molecule is CN(C(Cc1ccc(OS(=O)(=O)c2nccc3ccccc23)cc1)C(=O)N1CCN(C(=O)c2ccc(F)cc2)CC1)S(=O)(=O)c1nccc2ccccc12. The van der Waals surface area contributed by atoms with Crippen molar-refractivity contribution in [3.8, 4) is 5.75 Å². The van der Waals surface area contributed by atoms with Crippen molar-refractivity contribution < 1.29 is 35.0 Å². The minimum atomic E-state index is -4.34. The zero-order chi connectivity index (χ0) is 38.0. The number of carbonyl (C=O) groups excluding carboxylic acids is 2. The number of carbonyl (C=O) groups is 2. The Kier molecular flexibility index (Phi) is 10.1. The third kappa shape index (κ3) is 7.38. The first kappa shape index (κ1) is 36.6. The number of fused-ring (bicyclic) bond motifs is 2. The minimum absolute atomic E-state index is 0.000708. The van der Waals surface area contributed by atoms with E-state index in [0.717, 1.165) is 4.31 Å². The maximum Gasteiger partial charge on any atom is 0.357 e. The van der Waals surface area contributed by atoms with Gasteiger partial charge in [0.25, 0.3) is 15.9 Å². The van der Waals surface area contributed by atoms with Gasteiger partial charge in [0.1, 0.15) is 17.6 Å². The van der Waals surface area contributed by atoms with Crippen LogP contribution >= 0.6 is 0 Å². The smallest absolute Gasteiger partial charge is 0.357 e. The van der Waals surface area contributed by atoms with Crippen molar-refractivity contribution in [1.29, 1.82) is 0 Å². The molecule has 0 saturated carbocycles. The average molecular weight is 768 g/mol. The largest absolute Gasteiger partial charge is 0.378 e. The van der Waals surface area contributed by atoms with E-state index in [1.165, 1.54) is 60.7 Å². The number of rotatable bonds is 10. The Bertz CT molecular complexity index is 2570. The van der Waals surface area contributed by atoms with Crippen molar-refractivity contribution in [2.45, 2.75) is 22.5 Å². The summed E-state index contributed by atoms with van der Waals surface area (Å²) >= 11 is 0.